The third kappa shape index (κ3) is 9.15. The summed E-state index contributed by atoms with van der Waals surface area (Å²) in [5.74, 6) is 3.56. The number of hydrogen-bond acceptors (Lipinski definition) is 1. The van der Waals surface area contributed by atoms with Gasteiger partial charge in [0.2, 0.25) is 0 Å². The molecule has 0 aliphatic carbocycles. The molecule has 1 rings (SSSR count). The normalized spacial score (nSPS) is 12.5. The summed E-state index contributed by atoms with van der Waals surface area (Å²) in [7, 11) is 0. The molecule has 0 bridgehead atoms. The minimum absolute atomic E-state index is 0.901. The molecule has 0 heterocycles. The summed E-state index contributed by atoms with van der Waals surface area (Å²) in [6.07, 6.45) is 9.60. The summed E-state index contributed by atoms with van der Waals surface area (Å²) >= 11 is 2.14. The molecule has 1 unspecified atom stereocenters. The van der Waals surface area contributed by atoms with Crippen molar-refractivity contribution in [3.63, 3.8) is 0 Å². The Morgan fingerprint density at radius 1 is 1.00 bits per heavy atom. The summed E-state index contributed by atoms with van der Waals surface area (Å²) in [5, 5.41) is 0. The minimum atomic E-state index is 0.901. The summed E-state index contributed by atoms with van der Waals surface area (Å²) in [5.41, 5.74) is 1.48. The molecule has 0 saturated heterocycles. The highest BCUT2D eigenvalue weighted by Gasteiger charge is 2.02. The van der Waals surface area contributed by atoms with Crippen molar-refractivity contribution in [3.05, 3.63) is 35.9 Å². The maximum atomic E-state index is 2.41. The first-order valence-corrected chi connectivity index (χ1v) is 9.10. The monoisotopic (exact) mass is 278 g/mol. The van der Waals surface area contributed by atoms with Crippen molar-refractivity contribution in [2.24, 2.45) is 5.92 Å². The van der Waals surface area contributed by atoms with Crippen molar-refractivity contribution in [2.45, 2.75) is 58.8 Å². The maximum Gasteiger partial charge on any atom is -0.00418 e. The van der Waals surface area contributed by atoms with Gasteiger partial charge in [-0.15, -0.1) is 0 Å². The van der Waals surface area contributed by atoms with E-state index in [2.05, 4.69) is 55.9 Å². The Balaban J connectivity index is 1.92. The Labute approximate surface area is 124 Å². The average Bonchev–Trinajstić information content (AvgIpc) is 2.44. The van der Waals surface area contributed by atoms with E-state index < -0.39 is 0 Å². The molecule has 1 aromatic carbocycles. The number of thioether (sulfide) groups is 1. The number of unbranched alkanes of at least 4 members (excludes halogenated alkanes) is 3. The van der Waals surface area contributed by atoms with Gasteiger partial charge in [0.05, 0.1) is 0 Å². The predicted molar refractivity (Wildman–Crippen MR) is 90.0 cm³/mol. The lowest BCUT2D eigenvalue weighted by Gasteiger charge is -2.10. The standard InChI is InChI=1S/C18H30S/c1-3-4-5-7-11-17(2)16-19-15-10-14-18-12-8-6-9-13-18/h6,8-9,12-13,17H,3-5,7,10-11,14-16H2,1-2H3. The van der Waals surface area contributed by atoms with E-state index in [-0.39, 0.29) is 0 Å². The van der Waals surface area contributed by atoms with E-state index in [0.29, 0.717) is 0 Å². The van der Waals surface area contributed by atoms with E-state index in [1.807, 2.05) is 0 Å². The van der Waals surface area contributed by atoms with Crippen LogP contribution in [-0.4, -0.2) is 11.5 Å². The van der Waals surface area contributed by atoms with Gasteiger partial charge in [-0.25, -0.2) is 0 Å². The fourth-order valence-corrected chi connectivity index (χ4v) is 3.39. The zero-order valence-corrected chi connectivity index (χ0v) is 13.6. The molecule has 0 spiro atoms. The van der Waals surface area contributed by atoms with Crippen LogP contribution in [0, 0.1) is 5.92 Å². The Morgan fingerprint density at radius 3 is 2.53 bits per heavy atom. The van der Waals surface area contributed by atoms with Crippen LogP contribution in [0.1, 0.15) is 57.9 Å². The van der Waals surface area contributed by atoms with E-state index in [9.17, 15) is 0 Å². The molecule has 0 radical (unpaired) electrons. The second-order valence-electron chi connectivity index (χ2n) is 5.62. The van der Waals surface area contributed by atoms with Gasteiger partial charge in [0.1, 0.15) is 0 Å². The van der Waals surface area contributed by atoms with Gasteiger partial charge in [-0.1, -0.05) is 69.9 Å². The lowest BCUT2D eigenvalue weighted by Crippen LogP contribution is -1.99. The molecule has 0 saturated carbocycles. The highest BCUT2D eigenvalue weighted by atomic mass is 32.2. The van der Waals surface area contributed by atoms with Crippen molar-refractivity contribution in [2.75, 3.05) is 11.5 Å². The van der Waals surface area contributed by atoms with Gasteiger partial charge in [0.15, 0.2) is 0 Å². The first kappa shape index (κ1) is 16.6. The minimum Gasteiger partial charge on any atom is -0.162 e. The smallest absolute Gasteiger partial charge is 0.00418 e. The average molecular weight is 279 g/mol. The SMILES string of the molecule is CCCCCCC(C)CSCCCc1ccccc1. The van der Waals surface area contributed by atoms with Crippen LogP contribution < -0.4 is 0 Å². The molecule has 108 valence electrons. The van der Waals surface area contributed by atoms with Crippen LogP contribution in [-0.2, 0) is 6.42 Å². The topological polar surface area (TPSA) is 0 Å². The molecule has 1 heteroatoms. The van der Waals surface area contributed by atoms with E-state index in [4.69, 9.17) is 0 Å². The van der Waals surface area contributed by atoms with Crippen LogP contribution in [0.2, 0.25) is 0 Å². The Morgan fingerprint density at radius 2 is 1.79 bits per heavy atom. The van der Waals surface area contributed by atoms with Crippen LogP contribution in [0.4, 0.5) is 0 Å². The van der Waals surface area contributed by atoms with Crippen molar-refractivity contribution < 1.29 is 0 Å². The highest BCUT2D eigenvalue weighted by molar-refractivity contribution is 7.99. The molecule has 0 N–H and O–H groups in total. The summed E-state index contributed by atoms with van der Waals surface area (Å²) in [4.78, 5) is 0. The van der Waals surface area contributed by atoms with Crippen LogP contribution >= 0.6 is 11.8 Å². The number of benzene rings is 1. The van der Waals surface area contributed by atoms with Crippen LogP contribution in [0.15, 0.2) is 30.3 Å². The van der Waals surface area contributed by atoms with Gasteiger partial charge < -0.3 is 0 Å². The number of rotatable bonds is 11. The molecule has 0 aromatic heterocycles. The largest absolute Gasteiger partial charge is 0.162 e. The predicted octanol–water partition coefficient (Wildman–Crippen LogP) is 5.96. The third-order valence-corrected chi connectivity index (χ3v) is 4.93. The van der Waals surface area contributed by atoms with Crippen LogP contribution in [0.3, 0.4) is 0 Å². The summed E-state index contributed by atoms with van der Waals surface area (Å²) in [6.45, 7) is 4.70. The summed E-state index contributed by atoms with van der Waals surface area (Å²) < 4.78 is 0. The van der Waals surface area contributed by atoms with Crippen molar-refractivity contribution in [3.8, 4) is 0 Å². The number of hydrogen-bond donors (Lipinski definition) is 0. The Hall–Kier alpha value is -0.430. The molecule has 0 amide bonds. The van der Waals surface area contributed by atoms with E-state index >= 15 is 0 Å². The first-order chi connectivity index (χ1) is 9.33. The molecule has 0 aliphatic heterocycles. The van der Waals surface area contributed by atoms with Gasteiger partial charge in [-0.3, -0.25) is 0 Å². The second-order valence-corrected chi connectivity index (χ2v) is 6.77. The molecule has 0 nitrogen and oxygen atoms in total. The van der Waals surface area contributed by atoms with Gasteiger partial charge in [-0.05, 0) is 42.2 Å². The van der Waals surface area contributed by atoms with E-state index in [1.165, 1.54) is 62.0 Å². The molecule has 0 aliphatic rings. The van der Waals surface area contributed by atoms with Crippen molar-refractivity contribution in [1.82, 2.24) is 0 Å². The van der Waals surface area contributed by atoms with E-state index in [0.717, 1.165) is 5.92 Å². The quantitative estimate of drug-likeness (QED) is 0.450. The third-order valence-electron chi connectivity index (χ3n) is 3.55. The van der Waals surface area contributed by atoms with Crippen LogP contribution in [0.5, 0.6) is 0 Å². The van der Waals surface area contributed by atoms with Crippen LogP contribution in [0.25, 0.3) is 0 Å². The lowest BCUT2D eigenvalue weighted by molar-refractivity contribution is 0.531. The maximum absolute atomic E-state index is 2.41. The zero-order valence-electron chi connectivity index (χ0n) is 12.7. The van der Waals surface area contributed by atoms with Crippen molar-refractivity contribution >= 4 is 11.8 Å². The highest BCUT2D eigenvalue weighted by Crippen LogP contribution is 2.17. The Bertz CT molecular complexity index is 294. The van der Waals surface area contributed by atoms with E-state index in [1.54, 1.807) is 0 Å². The molecule has 19 heavy (non-hydrogen) atoms. The van der Waals surface area contributed by atoms with Gasteiger partial charge in [0, 0.05) is 0 Å². The molecule has 0 fully saturated rings. The number of aryl methyl sites for hydroxylation is 1. The molecule has 1 atom stereocenters. The fraction of sp³-hybridized carbons (Fsp3) is 0.667. The molecular formula is C18H30S. The fourth-order valence-electron chi connectivity index (χ4n) is 2.31. The second kappa shape index (κ2) is 11.4. The molecule has 1 aromatic rings. The van der Waals surface area contributed by atoms with Gasteiger partial charge in [-0.2, -0.15) is 11.8 Å². The van der Waals surface area contributed by atoms with Gasteiger partial charge >= 0.3 is 0 Å². The van der Waals surface area contributed by atoms with Gasteiger partial charge in [0.25, 0.3) is 0 Å². The Kier molecular flexibility index (Phi) is 9.98. The zero-order chi connectivity index (χ0) is 13.8. The van der Waals surface area contributed by atoms with Crippen molar-refractivity contribution in [1.29, 1.82) is 0 Å². The molecular weight excluding hydrogens is 248 g/mol. The lowest BCUT2D eigenvalue weighted by atomic mass is 10.0. The first-order valence-electron chi connectivity index (χ1n) is 7.94. The summed E-state index contributed by atoms with van der Waals surface area (Å²) in [6, 6.07) is 10.8.